The van der Waals surface area contributed by atoms with Crippen LogP contribution in [0.15, 0.2) is 30.4 Å². The molecular formula is C14H20ClFN2O. The van der Waals surface area contributed by atoms with E-state index in [-0.39, 0.29) is 11.9 Å². The van der Waals surface area contributed by atoms with E-state index in [1.807, 2.05) is 6.92 Å². The maximum atomic E-state index is 13.3. The summed E-state index contributed by atoms with van der Waals surface area (Å²) in [5.41, 5.74) is 7.41. The summed E-state index contributed by atoms with van der Waals surface area (Å²) < 4.78 is 18.6. The molecule has 0 saturated carbocycles. The summed E-state index contributed by atoms with van der Waals surface area (Å²) in [5, 5.41) is 3.58. The number of halogens is 2. The normalized spacial score (nSPS) is 12.4. The Bertz CT molecular complexity index is 406. The number of benzene rings is 1. The number of nitrogens with one attached hydrogen (secondary N) is 1. The van der Waals surface area contributed by atoms with Gasteiger partial charge in [-0.25, -0.2) is 4.39 Å². The third kappa shape index (κ3) is 6.16. The van der Waals surface area contributed by atoms with Crippen molar-refractivity contribution in [2.45, 2.75) is 13.0 Å². The molecule has 106 valence electrons. The lowest BCUT2D eigenvalue weighted by Gasteiger charge is -2.17. The summed E-state index contributed by atoms with van der Waals surface area (Å²) >= 11 is 5.83. The van der Waals surface area contributed by atoms with Gasteiger partial charge in [0.1, 0.15) is 5.82 Å². The molecule has 3 N–H and O–H groups in total. The van der Waals surface area contributed by atoms with Crippen molar-refractivity contribution in [3.63, 3.8) is 0 Å². The van der Waals surface area contributed by atoms with Gasteiger partial charge in [0.2, 0.25) is 0 Å². The van der Waals surface area contributed by atoms with Crippen LogP contribution in [0.1, 0.15) is 18.5 Å². The van der Waals surface area contributed by atoms with Gasteiger partial charge in [-0.3, -0.25) is 0 Å². The fourth-order valence-electron chi connectivity index (χ4n) is 1.67. The summed E-state index contributed by atoms with van der Waals surface area (Å²) in [6.45, 7) is 7.74. The number of ether oxygens (including phenoxy) is 1. The van der Waals surface area contributed by atoms with Gasteiger partial charge in [-0.2, -0.15) is 0 Å². The van der Waals surface area contributed by atoms with E-state index in [9.17, 15) is 4.39 Å². The smallest absolute Gasteiger partial charge is 0.125 e. The average molecular weight is 287 g/mol. The number of hydrogen-bond acceptors (Lipinski definition) is 3. The summed E-state index contributed by atoms with van der Waals surface area (Å²) in [6, 6.07) is 4.28. The highest BCUT2D eigenvalue weighted by atomic mass is 35.5. The molecule has 0 aliphatic rings. The Labute approximate surface area is 118 Å². The number of nitrogens with two attached hydrogens (primary N) is 1. The van der Waals surface area contributed by atoms with Gasteiger partial charge in [-0.15, -0.1) is 0 Å². The monoisotopic (exact) mass is 286 g/mol. The number of rotatable bonds is 8. The SMILES string of the molecule is C=C(C)COCCNC(CN)c1cc(F)cc(Cl)c1. The van der Waals surface area contributed by atoms with E-state index in [1.165, 1.54) is 12.1 Å². The molecule has 1 unspecified atom stereocenters. The number of hydrogen-bond donors (Lipinski definition) is 2. The lowest BCUT2D eigenvalue weighted by molar-refractivity contribution is 0.155. The maximum absolute atomic E-state index is 13.3. The van der Waals surface area contributed by atoms with E-state index < -0.39 is 0 Å². The van der Waals surface area contributed by atoms with Crippen molar-refractivity contribution >= 4 is 11.6 Å². The van der Waals surface area contributed by atoms with Crippen molar-refractivity contribution < 1.29 is 9.13 Å². The molecule has 1 rings (SSSR count). The van der Waals surface area contributed by atoms with Gasteiger partial charge in [0.25, 0.3) is 0 Å². The predicted octanol–water partition coefficient (Wildman–Crippen LogP) is 2.66. The zero-order valence-electron chi connectivity index (χ0n) is 11.1. The molecule has 0 fully saturated rings. The first-order chi connectivity index (χ1) is 9.02. The molecule has 0 aliphatic carbocycles. The van der Waals surface area contributed by atoms with E-state index in [2.05, 4.69) is 11.9 Å². The molecular weight excluding hydrogens is 267 g/mol. The zero-order valence-corrected chi connectivity index (χ0v) is 11.8. The highest BCUT2D eigenvalue weighted by Crippen LogP contribution is 2.19. The molecule has 0 spiro atoms. The van der Waals surface area contributed by atoms with Crippen LogP contribution in [0.2, 0.25) is 5.02 Å². The van der Waals surface area contributed by atoms with Crippen molar-refractivity contribution in [3.05, 3.63) is 46.8 Å². The summed E-state index contributed by atoms with van der Waals surface area (Å²) in [4.78, 5) is 0. The average Bonchev–Trinajstić information content (AvgIpc) is 2.32. The van der Waals surface area contributed by atoms with Gasteiger partial charge in [0.15, 0.2) is 0 Å². The molecule has 0 amide bonds. The fourth-order valence-corrected chi connectivity index (χ4v) is 1.90. The van der Waals surface area contributed by atoms with Gasteiger partial charge >= 0.3 is 0 Å². The standard InChI is InChI=1S/C14H20ClFN2O/c1-10(2)9-19-4-3-18-14(8-17)11-5-12(15)7-13(16)6-11/h5-7,14,18H,1,3-4,8-9,17H2,2H3. The van der Waals surface area contributed by atoms with E-state index in [4.69, 9.17) is 22.1 Å². The molecule has 3 nitrogen and oxygen atoms in total. The van der Waals surface area contributed by atoms with Crippen LogP contribution in [0, 0.1) is 5.82 Å². The van der Waals surface area contributed by atoms with Gasteiger partial charge < -0.3 is 15.8 Å². The quantitative estimate of drug-likeness (QED) is 0.570. The minimum atomic E-state index is -0.360. The van der Waals surface area contributed by atoms with Crippen LogP contribution in [0.3, 0.4) is 0 Å². The Balaban J connectivity index is 2.46. The third-order valence-corrected chi connectivity index (χ3v) is 2.73. The van der Waals surface area contributed by atoms with E-state index in [0.29, 0.717) is 31.3 Å². The zero-order chi connectivity index (χ0) is 14.3. The van der Waals surface area contributed by atoms with E-state index in [0.717, 1.165) is 11.1 Å². The van der Waals surface area contributed by atoms with Gasteiger partial charge in [0, 0.05) is 24.2 Å². The Morgan fingerprint density at radius 1 is 1.53 bits per heavy atom. The Morgan fingerprint density at radius 3 is 2.84 bits per heavy atom. The topological polar surface area (TPSA) is 47.3 Å². The van der Waals surface area contributed by atoms with Crippen LogP contribution in [0.4, 0.5) is 4.39 Å². The van der Waals surface area contributed by atoms with Gasteiger partial charge in [-0.1, -0.05) is 23.8 Å². The largest absolute Gasteiger partial charge is 0.376 e. The van der Waals surface area contributed by atoms with E-state index >= 15 is 0 Å². The molecule has 19 heavy (non-hydrogen) atoms. The van der Waals surface area contributed by atoms with E-state index in [1.54, 1.807) is 6.07 Å². The molecule has 1 aromatic carbocycles. The minimum absolute atomic E-state index is 0.137. The molecule has 0 aliphatic heterocycles. The van der Waals surface area contributed by atoms with Crippen LogP contribution >= 0.6 is 11.6 Å². The second-order valence-electron chi connectivity index (χ2n) is 4.45. The highest BCUT2D eigenvalue weighted by molar-refractivity contribution is 6.30. The van der Waals surface area contributed by atoms with Crippen molar-refractivity contribution in [2.24, 2.45) is 5.73 Å². The van der Waals surface area contributed by atoms with Crippen LogP contribution in [0.25, 0.3) is 0 Å². The predicted molar refractivity (Wildman–Crippen MR) is 76.8 cm³/mol. The molecule has 5 heteroatoms. The molecule has 0 aromatic heterocycles. The lowest BCUT2D eigenvalue weighted by Crippen LogP contribution is -2.31. The van der Waals surface area contributed by atoms with Gasteiger partial charge in [0.05, 0.1) is 13.2 Å². The minimum Gasteiger partial charge on any atom is -0.376 e. The van der Waals surface area contributed by atoms with Crippen molar-refractivity contribution in [1.82, 2.24) is 5.32 Å². The Kier molecular flexibility index (Phi) is 7.02. The summed E-state index contributed by atoms with van der Waals surface area (Å²) in [5.74, 6) is -0.360. The highest BCUT2D eigenvalue weighted by Gasteiger charge is 2.10. The van der Waals surface area contributed by atoms with Crippen molar-refractivity contribution in [3.8, 4) is 0 Å². The summed E-state index contributed by atoms with van der Waals surface area (Å²) in [7, 11) is 0. The Hall–Kier alpha value is -0.940. The van der Waals surface area contributed by atoms with Gasteiger partial charge in [-0.05, 0) is 30.7 Å². The first-order valence-electron chi connectivity index (χ1n) is 6.14. The Morgan fingerprint density at radius 2 is 2.26 bits per heavy atom. The molecule has 0 radical (unpaired) electrons. The fraction of sp³-hybridized carbons (Fsp3) is 0.429. The van der Waals surface area contributed by atoms with Crippen LogP contribution in [-0.2, 0) is 4.74 Å². The molecule has 1 atom stereocenters. The maximum Gasteiger partial charge on any atom is 0.125 e. The van der Waals surface area contributed by atoms with Crippen molar-refractivity contribution in [2.75, 3.05) is 26.3 Å². The molecule has 0 bridgehead atoms. The first kappa shape index (κ1) is 16.1. The summed E-state index contributed by atoms with van der Waals surface area (Å²) in [6.07, 6.45) is 0. The van der Waals surface area contributed by atoms with Crippen molar-refractivity contribution in [1.29, 1.82) is 0 Å². The molecule has 0 heterocycles. The third-order valence-electron chi connectivity index (χ3n) is 2.51. The lowest BCUT2D eigenvalue weighted by atomic mass is 10.1. The second-order valence-corrected chi connectivity index (χ2v) is 4.89. The second kappa shape index (κ2) is 8.27. The first-order valence-corrected chi connectivity index (χ1v) is 6.52. The van der Waals surface area contributed by atoms with Crippen LogP contribution < -0.4 is 11.1 Å². The molecule has 1 aromatic rings. The van der Waals surface area contributed by atoms with Crippen LogP contribution in [0.5, 0.6) is 0 Å². The molecule has 0 saturated heterocycles. The van der Waals surface area contributed by atoms with Crippen LogP contribution in [-0.4, -0.2) is 26.3 Å².